The third-order valence-corrected chi connectivity index (χ3v) is 4.67. The summed E-state index contributed by atoms with van der Waals surface area (Å²) in [4.78, 5) is 16.6. The Morgan fingerprint density at radius 1 is 1.19 bits per heavy atom. The van der Waals surface area contributed by atoms with E-state index in [0.717, 1.165) is 39.7 Å². The molecule has 0 saturated carbocycles. The number of carbonyl (C=O) groups is 1. The summed E-state index contributed by atoms with van der Waals surface area (Å²) in [7, 11) is 1.64. The summed E-state index contributed by atoms with van der Waals surface area (Å²) in [6.45, 7) is 2.54. The second-order valence-corrected chi connectivity index (χ2v) is 6.87. The van der Waals surface area contributed by atoms with Crippen molar-refractivity contribution in [2.45, 2.75) is 13.3 Å². The Morgan fingerprint density at radius 2 is 2.00 bits per heavy atom. The predicted molar refractivity (Wildman–Crippen MR) is 106 cm³/mol. The van der Waals surface area contributed by atoms with E-state index in [4.69, 9.17) is 4.74 Å². The van der Waals surface area contributed by atoms with Gasteiger partial charge in [0, 0.05) is 23.2 Å². The van der Waals surface area contributed by atoms with Crippen molar-refractivity contribution in [1.82, 2.24) is 10.3 Å². The fourth-order valence-electron chi connectivity index (χ4n) is 2.54. The van der Waals surface area contributed by atoms with E-state index < -0.39 is 0 Å². The van der Waals surface area contributed by atoms with Crippen LogP contribution in [0.4, 0.5) is 10.5 Å². The Balaban J connectivity index is 1.51. The first kappa shape index (κ1) is 17.9. The average molecular weight is 367 g/mol. The second-order valence-electron chi connectivity index (χ2n) is 5.81. The Bertz CT molecular complexity index is 875. The van der Waals surface area contributed by atoms with Gasteiger partial charge in [-0.15, -0.1) is 11.3 Å². The van der Waals surface area contributed by atoms with Crippen LogP contribution in [0, 0.1) is 6.92 Å². The highest BCUT2D eigenvalue weighted by Crippen LogP contribution is 2.24. The summed E-state index contributed by atoms with van der Waals surface area (Å²) in [6.07, 6.45) is 0.759. The minimum Gasteiger partial charge on any atom is -0.497 e. The molecule has 1 aromatic heterocycles. The Kier molecular flexibility index (Phi) is 5.86. The predicted octanol–water partition coefficient (Wildman–Crippen LogP) is 4.49. The molecule has 6 heteroatoms. The Hall–Kier alpha value is -2.86. The fourth-order valence-corrected chi connectivity index (χ4v) is 3.16. The van der Waals surface area contributed by atoms with Crippen molar-refractivity contribution < 1.29 is 9.53 Å². The van der Waals surface area contributed by atoms with Gasteiger partial charge in [-0.05, 0) is 43.2 Å². The van der Waals surface area contributed by atoms with Gasteiger partial charge in [-0.25, -0.2) is 9.78 Å². The van der Waals surface area contributed by atoms with Crippen molar-refractivity contribution in [3.63, 3.8) is 0 Å². The number of methoxy groups -OCH3 is 1. The molecule has 134 valence electrons. The topological polar surface area (TPSA) is 63.2 Å². The average Bonchev–Trinajstić information content (AvgIpc) is 3.09. The number of thiazole rings is 1. The number of urea groups is 1. The molecule has 0 radical (unpaired) electrons. The molecule has 1 heterocycles. The highest BCUT2D eigenvalue weighted by Gasteiger charge is 2.06. The van der Waals surface area contributed by atoms with Crippen LogP contribution in [0.3, 0.4) is 0 Å². The summed E-state index contributed by atoms with van der Waals surface area (Å²) in [6, 6.07) is 15.3. The monoisotopic (exact) mass is 367 g/mol. The molecule has 26 heavy (non-hydrogen) atoms. The lowest BCUT2D eigenvalue weighted by atomic mass is 10.1. The zero-order valence-electron chi connectivity index (χ0n) is 14.8. The molecule has 3 aromatic rings. The molecule has 0 bridgehead atoms. The lowest BCUT2D eigenvalue weighted by Gasteiger charge is -2.09. The van der Waals surface area contributed by atoms with Crippen LogP contribution in [0.2, 0.25) is 0 Å². The number of amides is 2. The van der Waals surface area contributed by atoms with Crippen LogP contribution in [0.15, 0.2) is 53.9 Å². The van der Waals surface area contributed by atoms with Crippen molar-refractivity contribution in [2.75, 3.05) is 19.0 Å². The highest BCUT2D eigenvalue weighted by atomic mass is 32.1. The van der Waals surface area contributed by atoms with Gasteiger partial charge in [0.1, 0.15) is 5.75 Å². The summed E-state index contributed by atoms with van der Waals surface area (Å²) < 4.78 is 5.14. The maximum absolute atomic E-state index is 12.1. The molecule has 3 rings (SSSR count). The van der Waals surface area contributed by atoms with Gasteiger partial charge in [-0.1, -0.05) is 24.3 Å². The number of benzene rings is 2. The standard InChI is InChI=1S/C20H21N3O2S/c1-14-22-19(13-26-14)16-4-3-5-17(12-16)23-20(24)21-11-10-15-6-8-18(25-2)9-7-15/h3-9,12-13H,10-11H2,1-2H3,(H2,21,23,24). The number of carbonyl (C=O) groups excluding carboxylic acids is 1. The number of ether oxygens (including phenoxy) is 1. The normalized spacial score (nSPS) is 10.4. The molecule has 0 saturated heterocycles. The lowest BCUT2D eigenvalue weighted by Crippen LogP contribution is -2.30. The smallest absolute Gasteiger partial charge is 0.319 e. The van der Waals surface area contributed by atoms with Crippen LogP contribution in [-0.2, 0) is 6.42 Å². The zero-order valence-corrected chi connectivity index (χ0v) is 15.6. The molecule has 0 aliphatic heterocycles. The fraction of sp³-hybridized carbons (Fsp3) is 0.200. The Morgan fingerprint density at radius 3 is 2.69 bits per heavy atom. The minimum absolute atomic E-state index is 0.217. The van der Waals surface area contributed by atoms with Gasteiger partial charge in [0.05, 0.1) is 17.8 Å². The van der Waals surface area contributed by atoms with Crippen molar-refractivity contribution in [3.05, 3.63) is 64.5 Å². The van der Waals surface area contributed by atoms with Crippen LogP contribution in [0.1, 0.15) is 10.6 Å². The number of anilines is 1. The number of nitrogens with zero attached hydrogens (tertiary/aromatic N) is 1. The van der Waals surface area contributed by atoms with E-state index in [1.807, 2.05) is 60.8 Å². The molecule has 2 N–H and O–H groups in total. The summed E-state index contributed by atoms with van der Waals surface area (Å²) in [5.74, 6) is 0.828. The van der Waals surface area contributed by atoms with Gasteiger partial charge in [-0.2, -0.15) is 0 Å². The summed E-state index contributed by atoms with van der Waals surface area (Å²) in [5.41, 5.74) is 3.81. The second kappa shape index (κ2) is 8.49. The largest absolute Gasteiger partial charge is 0.497 e. The van der Waals surface area contributed by atoms with E-state index in [9.17, 15) is 4.79 Å². The molecule has 0 aliphatic carbocycles. The SMILES string of the molecule is COc1ccc(CCNC(=O)Nc2cccc(-c3csc(C)n3)c2)cc1. The first-order valence-corrected chi connectivity index (χ1v) is 9.22. The Labute approximate surface area is 157 Å². The van der Waals surface area contributed by atoms with E-state index in [-0.39, 0.29) is 6.03 Å². The number of aryl methyl sites for hydroxylation is 1. The van der Waals surface area contributed by atoms with Crippen LogP contribution >= 0.6 is 11.3 Å². The highest BCUT2D eigenvalue weighted by molar-refractivity contribution is 7.09. The summed E-state index contributed by atoms with van der Waals surface area (Å²) >= 11 is 1.61. The van der Waals surface area contributed by atoms with Crippen molar-refractivity contribution >= 4 is 23.1 Å². The van der Waals surface area contributed by atoms with Crippen LogP contribution in [0.5, 0.6) is 5.75 Å². The van der Waals surface area contributed by atoms with E-state index in [2.05, 4.69) is 15.6 Å². The van der Waals surface area contributed by atoms with Crippen molar-refractivity contribution in [3.8, 4) is 17.0 Å². The van der Waals surface area contributed by atoms with Gasteiger partial charge < -0.3 is 15.4 Å². The van der Waals surface area contributed by atoms with Crippen molar-refractivity contribution in [2.24, 2.45) is 0 Å². The van der Waals surface area contributed by atoms with Crippen LogP contribution in [0.25, 0.3) is 11.3 Å². The van der Waals surface area contributed by atoms with Gasteiger partial charge in [-0.3, -0.25) is 0 Å². The number of hydrogen-bond acceptors (Lipinski definition) is 4. The molecule has 5 nitrogen and oxygen atoms in total. The maximum atomic E-state index is 12.1. The number of rotatable bonds is 6. The molecule has 0 atom stereocenters. The maximum Gasteiger partial charge on any atom is 0.319 e. The van der Waals surface area contributed by atoms with Crippen molar-refractivity contribution in [1.29, 1.82) is 0 Å². The molecule has 2 amide bonds. The van der Waals surface area contributed by atoms with E-state index in [0.29, 0.717) is 6.54 Å². The van der Waals surface area contributed by atoms with Gasteiger partial charge in [0.25, 0.3) is 0 Å². The molecule has 0 spiro atoms. The first-order valence-electron chi connectivity index (χ1n) is 8.34. The summed E-state index contributed by atoms with van der Waals surface area (Å²) in [5, 5.41) is 8.79. The number of nitrogens with one attached hydrogen (secondary N) is 2. The van der Waals surface area contributed by atoms with E-state index >= 15 is 0 Å². The van der Waals surface area contributed by atoms with E-state index in [1.165, 1.54) is 0 Å². The van der Waals surface area contributed by atoms with E-state index in [1.54, 1.807) is 18.4 Å². The van der Waals surface area contributed by atoms with Crippen LogP contribution < -0.4 is 15.4 Å². The van der Waals surface area contributed by atoms with Gasteiger partial charge in [0.2, 0.25) is 0 Å². The van der Waals surface area contributed by atoms with Gasteiger partial charge >= 0.3 is 6.03 Å². The number of aromatic nitrogens is 1. The van der Waals surface area contributed by atoms with Crippen LogP contribution in [-0.4, -0.2) is 24.7 Å². The first-order chi connectivity index (χ1) is 12.6. The molecule has 2 aromatic carbocycles. The molecule has 0 fully saturated rings. The quantitative estimate of drug-likeness (QED) is 0.675. The molecular weight excluding hydrogens is 346 g/mol. The lowest BCUT2D eigenvalue weighted by molar-refractivity contribution is 0.252. The number of hydrogen-bond donors (Lipinski definition) is 2. The zero-order chi connectivity index (χ0) is 18.4. The molecular formula is C20H21N3O2S. The molecule has 0 unspecified atom stereocenters. The third kappa shape index (κ3) is 4.83. The third-order valence-electron chi connectivity index (χ3n) is 3.89. The molecule has 0 aliphatic rings. The van der Waals surface area contributed by atoms with Gasteiger partial charge in [0.15, 0.2) is 0 Å². The minimum atomic E-state index is -0.217.